The monoisotopic (exact) mass is 409 g/mol. The summed E-state index contributed by atoms with van der Waals surface area (Å²) in [5.74, 6) is 1.80. The fourth-order valence-corrected chi connectivity index (χ4v) is 3.84. The number of rotatable bonds is 4. The van der Waals surface area contributed by atoms with Gasteiger partial charge in [-0.25, -0.2) is 4.79 Å². The number of carbonyl (C=O) groups is 1. The number of nitrogens with zero attached hydrogens (tertiary/aromatic N) is 4. The number of amides is 2. The summed E-state index contributed by atoms with van der Waals surface area (Å²) in [6.45, 7) is 3.14. The highest BCUT2D eigenvalue weighted by atomic mass is 35.5. The Morgan fingerprint density at radius 1 is 1.10 bits per heavy atom. The van der Waals surface area contributed by atoms with Crippen LogP contribution in [0.3, 0.4) is 0 Å². The van der Waals surface area contributed by atoms with Crippen LogP contribution in [0.5, 0.6) is 0 Å². The van der Waals surface area contributed by atoms with E-state index in [1.165, 1.54) is 6.42 Å². The second kappa shape index (κ2) is 8.66. The molecule has 1 aromatic heterocycles. The molecule has 0 bridgehead atoms. The van der Waals surface area contributed by atoms with E-state index in [0.717, 1.165) is 54.4 Å². The molecule has 0 aliphatic carbocycles. The minimum atomic E-state index is -0.229. The fourth-order valence-electron chi connectivity index (χ4n) is 3.67. The second-order valence-corrected chi connectivity index (χ2v) is 7.67. The number of hydrogen-bond acceptors (Lipinski definition) is 3. The van der Waals surface area contributed by atoms with E-state index < -0.39 is 0 Å². The lowest BCUT2D eigenvalue weighted by Gasteiger charge is -2.25. The van der Waals surface area contributed by atoms with E-state index in [9.17, 15) is 4.79 Å². The molecule has 0 fully saturated rings. The first kappa shape index (κ1) is 19.5. The number of nitrogens with one attached hydrogen (secondary N) is 1. The van der Waals surface area contributed by atoms with E-state index in [0.29, 0.717) is 11.6 Å². The number of carbonyl (C=O) groups excluding carboxylic acids is 1. The zero-order valence-corrected chi connectivity index (χ0v) is 17.2. The van der Waals surface area contributed by atoms with Crippen LogP contribution in [0.25, 0.3) is 0 Å². The standard InChI is InChI=1S/C22H24ClN5O/c1-16-18(23)11-8-12-19(16)28(22(29)24-17-9-4-2-5-10-17)15-21-26-25-20-13-6-3-7-14-27(20)21/h2,4-5,8-12H,3,6-7,13-15H2,1H3,(H,24,29). The molecule has 0 spiro atoms. The third-order valence-electron chi connectivity index (χ3n) is 5.29. The lowest BCUT2D eigenvalue weighted by Crippen LogP contribution is -2.36. The lowest BCUT2D eigenvalue weighted by molar-refractivity contribution is 0.256. The molecule has 29 heavy (non-hydrogen) atoms. The molecule has 0 radical (unpaired) electrons. The van der Waals surface area contributed by atoms with Gasteiger partial charge in [-0.15, -0.1) is 10.2 Å². The first-order valence-corrected chi connectivity index (χ1v) is 10.3. The molecule has 0 unspecified atom stereocenters. The Kier molecular flexibility index (Phi) is 5.81. The van der Waals surface area contributed by atoms with E-state index in [1.54, 1.807) is 4.90 Å². The SMILES string of the molecule is Cc1c(Cl)cccc1N(Cc1nnc2n1CCCCC2)C(=O)Nc1ccccc1. The van der Waals surface area contributed by atoms with Crippen molar-refractivity contribution in [1.82, 2.24) is 14.8 Å². The van der Waals surface area contributed by atoms with Gasteiger partial charge in [-0.2, -0.15) is 0 Å². The molecule has 7 heteroatoms. The minimum absolute atomic E-state index is 0.229. The molecule has 2 heterocycles. The van der Waals surface area contributed by atoms with Gasteiger partial charge in [0.2, 0.25) is 0 Å². The number of anilines is 2. The first-order chi connectivity index (χ1) is 14.1. The molecule has 1 N–H and O–H groups in total. The number of fused-ring (bicyclic) bond motifs is 1. The maximum absolute atomic E-state index is 13.3. The van der Waals surface area contributed by atoms with Crippen molar-refractivity contribution >= 4 is 29.0 Å². The van der Waals surface area contributed by atoms with Gasteiger partial charge in [0.05, 0.1) is 12.2 Å². The van der Waals surface area contributed by atoms with Gasteiger partial charge in [-0.05, 0) is 49.6 Å². The van der Waals surface area contributed by atoms with E-state index in [2.05, 4.69) is 20.1 Å². The molecule has 1 aliphatic heterocycles. The average Bonchev–Trinajstić information content (AvgIpc) is 2.94. The van der Waals surface area contributed by atoms with E-state index >= 15 is 0 Å². The number of aryl methyl sites for hydroxylation is 1. The highest BCUT2D eigenvalue weighted by molar-refractivity contribution is 6.31. The number of aromatic nitrogens is 3. The second-order valence-electron chi connectivity index (χ2n) is 7.26. The third-order valence-corrected chi connectivity index (χ3v) is 5.70. The van der Waals surface area contributed by atoms with Crippen LogP contribution in [0.15, 0.2) is 48.5 Å². The van der Waals surface area contributed by atoms with Gasteiger partial charge in [0.15, 0.2) is 5.82 Å². The predicted octanol–water partition coefficient (Wildman–Crippen LogP) is 5.21. The van der Waals surface area contributed by atoms with Crippen LogP contribution in [-0.2, 0) is 19.5 Å². The summed E-state index contributed by atoms with van der Waals surface area (Å²) >= 11 is 6.35. The molecule has 3 aromatic rings. The van der Waals surface area contributed by atoms with Crippen molar-refractivity contribution in [3.63, 3.8) is 0 Å². The number of para-hydroxylation sites is 1. The fraction of sp³-hybridized carbons (Fsp3) is 0.318. The summed E-state index contributed by atoms with van der Waals surface area (Å²) < 4.78 is 2.16. The van der Waals surface area contributed by atoms with Crippen molar-refractivity contribution in [3.8, 4) is 0 Å². The van der Waals surface area contributed by atoms with Crippen LogP contribution in [0.2, 0.25) is 5.02 Å². The predicted molar refractivity (Wildman–Crippen MR) is 115 cm³/mol. The zero-order chi connectivity index (χ0) is 20.2. The van der Waals surface area contributed by atoms with Gasteiger partial charge < -0.3 is 9.88 Å². The molecule has 0 atom stereocenters. The highest BCUT2D eigenvalue weighted by Gasteiger charge is 2.23. The van der Waals surface area contributed by atoms with E-state index in [-0.39, 0.29) is 6.03 Å². The quantitative estimate of drug-likeness (QED) is 0.643. The Balaban J connectivity index is 1.68. The summed E-state index contributed by atoms with van der Waals surface area (Å²) in [4.78, 5) is 14.9. The molecule has 1 aliphatic rings. The van der Waals surface area contributed by atoms with Crippen molar-refractivity contribution in [2.45, 2.75) is 45.7 Å². The van der Waals surface area contributed by atoms with E-state index in [1.807, 2.05) is 55.5 Å². The van der Waals surface area contributed by atoms with Crippen molar-refractivity contribution in [2.75, 3.05) is 10.2 Å². The smallest absolute Gasteiger partial charge is 0.313 e. The van der Waals surface area contributed by atoms with Crippen LogP contribution in [0.1, 0.15) is 36.5 Å². The van der Waals surface area contributed by atoms with Crippen LogP contribution in [-0.4, -0.2) is 20.8 Å². The molecule has 0 saturated carbocycles. The largest absolute Gasteiger partial charge is 0.326 e. The normalized spacial score (nSPS) is 13.4. The highest BCUT2D eigenvalue weighted by Crippen LogP contribution is 2.29. The maximum atomic E-state index is 13.3. The van der Waals surface area contributed by atoms with Crippen molar-refractivity contribution < 1.29 is 4.79 Å². The van der Waals surface area contributed by atoms with Crippen molar-refractivity contribution in [2.24, 2.45) is 0 Å². The number of urea groups is 1. The first-order valence-electron chi connectivity index (χ1n) is 9.93. The van der Waals surface area contributed by atoms with Gasteiger partial charge in [-0.3, -0.25) is 4.90 Å². The van der Waals surface area contributed by atoms with E-state index in [4.69, 9.17) is 11.6 Å². The van der Waals surface area contributed by atoms with Crippen molar-refractivity contribution in [3.05, 3.63) is 70.8 Å². The van der Waals surface area contributed by atoms with Crippen LogP contribution >= 0.6 is 11.6 Å². The minimum Gasteiger partial charge on any atom is -0.313 e. The Bertz CT molecular complexity index is 1000. The van der Waals surface area contributed by atoms with Crippen LogP contribution < -0.4 is 10.2 Å². The molecule has 2 amide bonds. The molecule has 4 rings (SSSR count). The van der Waals surface area contributed by atoms with Gasteiger partial charge in [0, 0.05) is 23.7 Å². The summed E-state index contributed by atoms with van der Waals surface area (Å²) in [6, 6.07) is 14.8. The summed E-state index contributed by atoms with van der Waals surface area (Å²) in [6.07, 6.45) is 4.35. The average molecular weight is 410 g/mol. The maximum Gasteiger partial charge on any atom is 0.326 e. The lowest BCUT2D eigenvalue weighted by atomic mass is 10.2. The summed E-state index contributed by atoms with van der Waals surface area (Å²) in [5, 5.41) is 12.4. The Labute approximate surface area is 175 Å². The molecule has 150 valence electrons. The zero-order valence-electron chi connectivity index (χ0n) is 16.4. The van der Waals surface area contributed by atoms with Gasteiger partial charge >= 0.3 is 6.03 Å². The van der Waals surface area contributed by atoms with Gasteiger partial charge in [0.1, 0.15) is 5.82 Å². The van der Waals surface area contributed by atoms with Crippen LogP contribution in [0, 0.1) is 6.92 Å². The van der Waals surface area contributed by atoms with Crippen molar-refractivity contribution in [1.29, 1.82) is 0 Å². The summed E-state index contributed by atoms with van der Waals surface area (Å²) in [5.41, 5.74) is 2.35. The third kappa shape index (κ3) is 4.27. The Morgan fingerprint density at radius 2 is 1.93 bits per heavy atom. The topological polar surface area (TPSA) is 63.1 Å². The molecule has 0 saturated heterocycles. The molecule has 2 aromatic carbocycles. The van der Waals surface area contributed by atoms with Crippen LogP contribution in [0.4, 0.5) is 16.2 Å². The molecular formula is C22H24ClN5O. The van der Waals surface area contributed by atoms with Gasteiger partial charge in [0.25, 0.3) is 0 Å². The Morgan fingerprint density at radius 3 is 2.76 bits per heavy atom. The van der Waals surface area contributed by atoms with Gasteiger partial charge in [-0.1, -0.05) is 42.3 Å². The number of halogens is 1. The molecule has 6 nitrogen and oxygen atoms in total. The Hall–Kier alpha value is -2.86. The summed E-state index contributed by atoms with van der Waals surface area (Å²) in [7, 11) is 0. The number of hydrogen-bond donors (Lipinski definition) is 1. The molecular weight excluding hydrogens is 386 g/mol. The number of benzene rings is 2.